The number of benzene rings is 1. The van der Waals surface area contributed by atoms with Crippen molar-refractivity contribution in [2.45, 2.75) is 11.8 Å². The molecule has 0 atom stereocenters. The van der Waals surface area contributed by atoms with Crippen LogP contribution in [0.1, 0.15) is 5.56 Å². The second kappa shape index (κ2) is 7.74. The van der Waals surface area contributed by atoms with E-state index in [2.05, 4.69) is 15.6 Å². The van der Waals surface area contributed by atoms with Crippen LogP contribution in [-0.2, 0) is 19.6 Å². The highest BCUT2D eigenvalue weighted by Gasteiger charge is 2.28. The summed E-state index contributed by atoms with van der Waals surface area (Å²) in [5, 5.41) is 5.54. The average Bonchev–Trinajstić information content (AvgIpc) is 2.62. The van der Waals surface area contributed by atoms with Crippen molar-refractivity contribution in [3.05, 3.63) is 41.0 Å². The highest BCUT2D eigenvalue weighted by molar-refractivity contribution is 7.89. The van der Waals surface area contributed by atoms with Crippen molar-refractivity contribution < 1.29 is 22.7 Å². The number of nitrogens with zero attached hydrogens (tertiary/aromatic N) is 2. The van der Waals surface area contributed by atoms with Crippen LogP contribution in [0.2, 0.25) is 5.02 Å². The molecule has 0 aliphatic carbocycles. The van der Waals surface area contributed by atoms with Crippen molar-refractivity contribution in [1.82, 2.24) is 9.29 Å². The van der Waals surface area contributed by atoms with Crippen molar-refractivity contribution in [3.63, 3.8) is 0 Å². The van der Waals surface area contributed by atoms with Gasteiger partial charge >= 0.3 is 0 Å². The van der Waals surface area contributed by atoms with Crippen LogP contribution < -0.4 is 15.4 Å². The fourth-order valence-corrected chi connectivity index (χ4v) is 4.04. The van der Waals surface area contributed by atoms with Gasteiger partial charge in [-0.25, -0.2) is 13.4 Å². The number of hydrogen-bond acceptors (Lipinski definition) is 6. The molecule has 2 heterocycles. The summed E-state index contributed by atoms with van der Waals surface area (Å²) in [6.45, 7) is 0.988. The lowest BCUT2D eigenvalue weighted by molar-refractivity contribution is -0.118. The zero-order valence-electron chi connectivity index (χ0n) is 15.0. The van der Waals surface area contributed by atoms with Gasteiger partial charge in [-0.1, -0.05) is 11.6 Å². The molecule has 0 radical (unpaired) electrons. The van der Waals surface area contributed by atoms with Gasteiger partial charge in [0, 0.05) is 19.3 Å². The molecule has 0 saturated carbocycles. The summed E-state index contributed by atoms with van der Waals surface area (Å²) in [5.41, 5.74) is 0.818. The van der Waals surface area contributed by atoms with E-state index in [1.807, 2.05) is 0 Å². The maximum Gasteiger partial charge on any atom is 0.262 e. The first kappa shape index (κ1) is 20.1. The van der Waals surface area contributed by atoms with Crippen molar-refractivity contribution in [3.8, 4) is 5.75 Å². The number of anilines is 2. The lowest BCUT2D eigenvalue weighted by atomic mass is 10.2. The number of carbonyl (C=O) groups is 2. The number of aryl methyl sites for hydroxylation is 1. The molecule has 9 nitrogen and oxygen atoms in total. The van der Waals surface area contributed by atoms with Gasteiger partial charge in [0.05, 0.1) is 22.2 Å². The predicted octanol–water partition coefficient (Wildman–Crippen LogP) is 1.63. The van der Waals surface area contributed by atoms with E-state index in [9.17, 15) is 18.0 Å². The lowest BCUT2D eigenvalue weighted by Gasteiger charge is -2.22. The standard InChI is InChI=1S/C17H17ClN4O5S/c1-10-5-12-13(27-9-17(24)20-12)6-14(10)28(25,26)22(2)8-16(23)21-15-4-3-11(18)7-19-15/h3-7H,8-9H2,1-2H3,(H,20,24)(H,19,21,23). The molecule has 2 amide bonds. The van der Waals surface area contributed by atoms with Crippen molar-refractivity contribution >= 4 is 44.9 Å². The molecule has 2 aromatic rings. The first-order chi connectivity index (χ1) is 13.2. The minimum absolute atomic E-state index is 0.0117. The van der Waals surface area contributed by atoms with Crippen LogP contribution >= 0.6 is 11.6 Å². The molecular weight excluding hydrogens is 408 g/mol. The van der Waals surface area contributed by atoms with Crippen molar-refractivity contribution in [2.24, 2.45) is 0 Å². The number of pyridine rings is 1. The number of halogens is 1. The van der Waals surface area contributed by atoms with Gasteiger partial charge in [0.15, 0.2) is 6.61 Å². The molecular formula is C17H17ClN4O5S. The fraction of sp³-hybridized carbons (Fsp3) is 0.235. The highest BCUT2D eigenvalue weighted by atomic mass is 35.5. The first-order valence-electron chi connectivity index (χ1n) is 8.12. The molecule has 11 heteroatoms. The molecule has 1 aromatic carbocycles. The summed E-state index contributed by atoms with van der Waals surface area (Å²) >= 11 is 5.74. The molecule has 1 aliphatic heterocycles. The molecule has 148 valence electrons. The van der Waals surface area contributed by atoms with Gasteiger partial charge in [0.25, 0.3) is 5.91 Å². The van der Waals surface area contributed by atoms with Gasteiger partial charge in [-0.2, -0.15) is 4.31 Å². The second-order valence-electron chi connectivity index (χ2n) is 6.12. The van der Waals surface area contributed by atoms with Crippen LogP contribution in [0.3, 0.4) is 0 Å². The van der Waals surface area contributed by atoms with Crippen LogP contribution in [0.5, 0.6) is 5.75 Å². The third kappa shape index (κ3) is 4.24. The Morgan fingerprint density at radius 3 is 2.82 bits per heavy atom. The number of sulfonamides is 1. The summed E-state index contributed by atoms with van der Waals surface area (Å²) in [5.74, 6) is -0.353. The number of nitrogens with one attached hydrogen (secondary N) is 2. The number of likely N-dealkylation sites (N-methyl/N-ethyl adjacent to an activating group) is 1. The average molecular weight is 425 g/mol. The van der Waals surface area contributed by atoms with Crippen LogP contribution in [0.4, 0.5) is 11.5 Å². The Morgan fingerprint density at radius 1 is 1.39 bits per heavy atom. The summed E-state index contributed by atoms with van der Waals surface area (Å²) in [6, 6.07) is 5.92. The van der Waals surface area contributed by atoms with Gasteiger partial charge in [0.1, 0.15) is 11.6 Å². The Morgan fingerprint density at radius 2 is 2.14 bits per heavy atom. The molecule has 0 bridgehead atoms. The molecule has 0 saturated heterocycles. The quantitative estimate of drug-likeness (QED) is 0.753. The third-order valence-corrected chi connectivity index (χ3v) is 6.13. The highest BCUT2D eigenvalue weighted by Crippen LogP contribution is 2.33. The van der Waals surface area contributed by atoms with E-state index in [0.717, 1.165) is 4.31 Å². The monoisotopic (exact) mass is 424 g/mol. The summed E-state index contributed by atoms with van der Waals surface area (Å²) in [6.07, 6.45) is 1.37. The van der Waals surface area contributed by atoms with Gasteiger partial charge in [0.2, 0.25) is 15.9 Å². The van der Waals surface area contributed by atoms with E-state index in [1.165, 1.54) is 31.4 Å². The summed E-state index contributed by atoms with van der Waals surface area (Å²) in [4.78, 5) is 27.5. The lowest BCUT2D eigenvalue weighted by Crippen LogP contribution is -2.35. The number of aromatic nitrogens is 1. The van der Waals surface area contributed by atoms with Crippen LogP contribution in [0.15, 0.2) is 35.4 Å². The number of amides is 2. The maximum absolute atomic E-state index is 12.9. The van der Waals surface area contributed by atoms with Crippen LogP contribution in [0.25, 0.3) is 0 Å². The molecule has 2 N–H and O–H groups in total. The first-order valence-corrected chi connectivity index (χ1v) is 9.93. The van der Waals surface area contributed by atoms with E-state index >= 15 is 0 Å². The smallest absolute Gasteiger partial charge is 0.262 e. The number of ether oxygens (including phenoxy) is 1. The van der Waals surface area contributed by atoms with Gasteiger partial charge in [-0.3, -0.25) is 9.59 Å². The Kier molecular flexibility index (Phi) is 5.54. The van der Waals surface area contributed by atoms with Gasteiger partial charge in [-0.05, 0) is 30.7 Å². The zero-order chi connectivity index (χ0) is 20.5. The zero-order valence-corrected chi connectivity index (χ0v) is 16.6. The molecule has 0 unspecified atom stereocenters. The van der Waals surface area contributed by atoms with Crippen LogP contribution in [-0.4, -0.2) is 49.7 Å². The van der Waals surface area contributed by atoms with Crippen molar-refractivity contribution in [1.29, 1.82) is 0 Å². The van der Waals surface area contributed by atoms with E-state index in [0.29, 0.717) is 16.3 Å². The summed E-state index contributed by atoms with van der Waals surface area (Å²) in [7, 11) is -2.68. The number of fused-ring (bicyclic) bond motifs is 1. The normalized spacial score (nSPS) is 13.5. The van der Waals surface area contributed by atoms with Crippen LogP contribution in [0, 0.1) is 6.92 Å². The minimum atomic E-state index is -3.97. The Hall–Kier alpha value is -2.69. The Bertz CT molecular complexity index is 1040. The van der Waals surface area contributed by atoms with E-state index in [4.69, 9.17) is 16.3 Å². The predicted molar refractivity (Wildman–Crippen MR) is 103 cm³/mol. The topological polar surface area (TPSA) is 118 Å². The van der Waals surface area contributed by atoms with Gasteiger partial charge < -0.3 is 15.4 Å². The Balaban J connectivity index is 1.77. The molecule has 1 aromatic heterocycles. The summed E-state index contributed by atoms with van der Waals surface area (Å²) < 4.78 is 32.0. The molecule has 28 heavy (non-hydrogen) atoms. The SMILES string of the molecule is Cc1cc2c(cc1S(=O)(=O)N(C)CC(=O)Nc1ccc(Cl)cn1)OCC(=O)N2. The molecule has 0 spiro atoms. The van der Waals surface area contributed by atoms with Crippen molar-refractivity contribution in [2.75, 3.05) is 30.8 Å². The number of hydrogen-bond donors (Lipinski definition) is 2. The molecule has 0 fully saturated rings. The Labute approximate surface area is 166 Å². The van der Waals surface area contributed by atoms with E-state index in [1.54, 1.807) is 13.0 Å². The molecule has 3 rings (SSSR count). The molecule has 1 aliphatic rings. The maximum atomic E-state index is 12.9. The third-order valence-electron chi connectivity index (χ3n) is 3.96. The minimum Gasteiger partial charge on any atom is -0.482 e. The van der Waals surface area contributed by atoms with E-state index < -0.39 is 22.5 Å². The number of carbonyl (C=O) groups excluding carboxylic acids is 2. The fourth-order valence-electron chi connectivity index (χ4n) is 2.58. The number of rotatable bonds is 5. The van der Waals surface area contributed by atoms with Gasteiger partial charge in [-0.15, -0.1) is 0 Å². The second-order valence-corrected chi connectivity index (χ2v) is 8.57. The largest absolute Gasteiger partial charge is 0.482 e. The van der Waals surface area contributed by atoms with E-state index in [-0.39, 0.29) is 29.0 Å².